The van der Waals surface area contributed by atoms with Crippen LogP contribution in [0.4, 0.5) is 8.78 Å². The minimum Gasteiger partial charge on any atom is -0.322 e. The number of likely N-dealkylation sites (tertiary alicyclic amines) is 1. The van der Waals surface area contributed by atoms with Crippen molar-refractivity contribution in [2.75, 3.05) is 19.6 Å². The van der Waals surface area contributed by atoms with Crippen molar-refractivity contribution in [3.05, 3.63) is 34.9 Å². The van der Waals surface area contributed by atoms with Crippen LogP contribution in [0.25, 0.3) is 0 Å². The van der Waals surface area contributed by atoms with Crippen LogP contribution in [0.1, 0.15) is 47.2 Å². The van der Waals surface area contributed by atoms with Crippen molar-refractivity contribution in [2.45, 2.75) is 56.8 Å². The molecule has 3 amide bonds. The fraction of sp³-hybridized carbons (Fsp3) is 0.591. The van der Waals surface area contributed by atoms with Gasteiger partial charge in [0.05, 0.1) is 12.6 Å². The van der Waals surface area contributed by atoms with E-state index in [1.807, 2.05) is 17.0 Å². The fourth-order valence-electron chi connectivity index (χ4n) is 5.51. The first-order valence-corrected chi connectivity index (χ1v) is 10.9. The van der Waals surface area contributed by atoms with E-state index in [0.717, 1.165) is 37.1 Å². The van der Waals surface area contributed by atoms with E-state index in [0.29, 0.717) is 25.1 Å². The smallest absolute Gasteiger partial charge is 0.276 e. The quantitative estimate of drug-likeness (QED) is 0.701. The molecule has 1 aromatic rings. The SMILES string of the molecule is O=C1CCC(N2Cc3ccc(CN4CC(F)(F)C4C4CCNCC4)cc3C2=O)C(=O)N1. The summed E-state index contributed by atoms with van der Waals surface area (Å²) in [7, 11) is 0. The predicted octanol–water partition coefficient (Wildman–Crippen LogP) is 1.27. The van der Waals surface area contributed by atoms with Crippen LogP contribution in [-0.2, 0) is 22.7 Å². The Morgan fingerprint density at radius 2 is 1.87 bits per heavy atom. The molecule has 31 heavy (non-hydrogen) atoms. The third kappa shape index (κ3) is 3.63. The van der Waals surface area contributed by atoms with E-state index in [2.05, 4.69) is 10.6 Å². The highest BCUT2D eigenvalue weighted by Crippen LogP contribution is 2.43. The number of halogens is 2. The van der Waals surface area contributed by atoms with Gasteiger partial charge in [-0.25, -0.2) is 8.78 Å². The summed E-state index contributed by atoms with van der Waals surface area (Å²) in [5.41, 5.74) is 2.17. The minimum absolute atomic E-state index is 0.0240. The van der Waals surface area contributed by atoms with Crippen molar-refractivity contribution in [3.63, 3.8) is 0 Å². The molecule has 4 heterocycles. The summed E-state index contributed by atoms with van der Waals surface area (Å²) in [6.07, 6.45) is 2.03. The Hall–Kier alpha value is -2.39. The van der Waals surface area contributed by atoms with E-state index in [1.54, 1.807) is 6.07 Å². The van der Waals surface area contributed by atoms with Crippen LogP contribution < -0.4 is 10.6 Å². The van der Waals surface area contributed by atoms with Gasteiger partial charge in [-0.1, -0.05) is 12.1 Å². The van der Waals surface area contributed by atoms with Gasteiger partial charge in [0.2, 0.25) is 11.8 Å². The highest BCUT2D eigenvalue weighted by Gasteiger charge is 2.57. The van der Waals surface area contributed by atoms with E-state index in [1.165, 1.54) is 4.90 Å². The zero-order valence-corrected chi connectivity index (χ0v) is 17.2. The van der Waals surface area contributed by atoms with Gasteiger partial charge in [-0.2, -0.15) is 0 Å². The van der Waals surface area contributed by atoms with Crippen LogP contribution in [0.15, 0.2) is 18.2 Å². The normalized spacial score (nSPS) is 29.0. The molecule has 0 saturated carbocycles. The van der Waals surface area contributed by atoms with Crippen molar-refractivity contribution < 1.29 is 23.2 Å². The summed E-state index contributed by atoms with van der Waals surface area (Å²) in [5.74, 6) is -3.69. The standard InChI is InChI=1S/C22H26F2N4O3/c23-22(24)12-27(19(22)14-5-7-25-8-6-14)10-13-1-2-15-11-28(21(31)16(15)9-13)17-3-4-18(29)26-20(17)30/h1-2,9,14,17,19,25H,3-8,10-12H2,(H,26,29,30). The molecule has 0 aromatic heterocycles. The molecule has 4 aliphatic rings. The van der Waals surface area contributed by atoms with Gasteiger partial charge in [-0.05, 0) is 55.5 Å². The number of amides is 3. The van der Waals surface area contributed by atoms with Crippen molar-refractivity contribution in [2.24, 2.45) is 5.92 Å². The topological polar surface area (TPSA) is 81.8 Å². The lowest BCUT2D eigenvalue weighted by Crippen LogP contribution is -2.68. The van der Waals surface area contributed by atoms with Crippen molar-refractivity contribution in [1.82, 2.24) is 20.4 Å². The number of imide groups is 1. The Balaban J connectivity index is 1.30. The number of hydrogen-bond acceptors (Lipinski definition) is 5. The molecule has 0 spiro atoms. The van der Waals surface area contributed by atoms with Crippen molar-refractivity contribution in [3.8, 4) is 0 Å². The lowest BCUT2D eigenvalue weighted by Gasteiger charge is -2.52. The highest BCUT2D eigenvalue weighted by molar-refractivity contribution is 6.05. The molecule has 5 rings (SSSR count). The van der Waals surface area contributed by atoms with Crippen LogP contribution in [-0.4, -0.2) is 65.2 Å². The third-order valence-corrected chi connectivity index (χ3v) is 7.05. The number of carbonyl (C=O) groups is 3. The van der Waals surface area contributed by atoms with E-state index < -0.39 is 23.9 Å². The molecule has 0 aliphatic carbocycles. The van der Waals surface area contributed by atoms with Gasteiger partial charge in [0, 0.05) is 25.1 Å². The molecule has 7 nitrogen and oxygen atoms in total. The van der Waals surface area contributed by atoms with E-state index in [9.17, 15) is 23.2 Å². The first-order valence-electron chi connectivity index (χ1n) is 10.9. The zero-order chi connectivity index (χ0) is 21.8. The van der Waals surface area contributed by atoms with Crippen LogP contribution in [0.3, 0.4) is 0 Å². The van der Waals surface area contributed by atoms with Gasteiger partial charge in [0.1, 0.15) is 6.04 Å². The zero-order valence-electron chi connectivity index (χ0n) is 17.2. The first kappa shape index (κ1) is 20.5. The molecule has 1 aromatic carbocycles. The number of fused-ring (bicyclic) bond motifs is 1. The molecule has 2 unspecified atom stereocenters. The number of alkyl halides is 2. The monoisotopic (exact) mass is 432 g/mol. The van der Waals surface area contributed by atoms with Crippen molar-refractivity contribution >= 4 is 17.7 Å². The number of rotatable bonds is 4. The van der Waals surface area contributed by atoms with Crippen LogP contribution in [0.2, 0.25) is 0 Å². The van der Waals surface area contributed by atoms with Crippen LogP contribution in [0, 0.1) is 5.92 Å². The van der Waals surface area contributed by atoms with E-state index >= 15 is 0 Å². The fourth-order valence-corrected chi connectivity index (χ4v) is 5.51. The molecule has 166 valence electrons. The highest BCUT2D eigenvalue weighted by atomic mass is 19.3. The van der Waals surface area contributed by atoms with Gasteiger partial charge in [0.25, 0.3) is 11.8 Å². The Bertz CT molecular complexity index is 931. The Morgan fingerprint density at radius 3 is 2.58 bits per heavy atom. The maximum atomic E-state index is 14.4. The molecule has 4 aliphatic heterocycles. The van der Waals surface area contributed by atoms with Crippen molar-refractivity contribution in [1.29, 1.82) is 0 Å². The number of carbonyl (C=O) groups excluding carboxylic acids is 3. The summed E-state index contributed by atoms with van der Waals surface area (Å²) in [6.45, 7) is 1.99. The van der Waals surface area contributed by atoms with E-state index in [4.69, 9.17) is 0 Å². The second kappa shape index (κ2) is 7.63. The molecule has 2 N–H and O–H groups in total. The molecule has 3 saturated heterocycles. The second-order valence-corrected chi connectivity index (χ2v) is 9.09. The van der Waals surface area contributed by atoms with Gasteiger partial charge in [-0.3, -0.25) is 24.6 Å². The number of piperidine rings is 2. The summed E-state index contributed by atoms with van der Waals surface area (Å²) in [5, 5.41) is 5.52. The Morgan fingerprint density at radius 1 is 1.10 bits per heavy atom. The molecule has 0 bridgehead atoms. The maximum Gasteiger partial charge on any atom is 0.276 e. The molecule has 0 radical (unpaired) electrons. The van der Waals surface area contributed by atoms with Crippen LogP contribution in [0.5, 0.6) is 0 Å². The van der Waals surface area contributed by atoms with Crippen LogP contribution >= 0.6 is 0 Å². The number of nitrogens with one attached hydrogen (secondary N) is 2. The molecule has 2 atom stereocenters. The lowest BCUT2D eigenvalue weighted by molar-refractivity contribution is -0.208. The summed E-state index contributed by atoms with van der Waals surface area (Å²) >= 11 is 0. The third-order valence-electron chi connectivity index (χ3n) is 7.05. The summed E-state index contributed by atoms with van der Waals surface area (Å²) in [4.78, 5) is 39.9. The van der Waals surface area contributed by atoms with Gasteiger partial charge >= 0.3 is 0 Å². The second-order valence-electron chi connectivity index (χ2n) is 9.09. The average molecular weight is 432 g/mol. The van der Waals surface area contributed by atoms with E-state index in [-0.39, 0.29) is 30.7 Å². The molecule has 3 fully saturated rings. The number of nitrogens with zero attached hydrogens (tertiary/aromatic N) is 2. The van der Waals surface area contributed by atoms with Gasteiger partial charge < -0.3 is 10.2 Å². The largest absolute Gasteiger partial charge is 0.322 e. The lowest BCUT2D eigenvalue weighted by atomic mass is 9.80. The number of benzene rings is 1. The number of hydrogen-bond donors (Lipinski definition) is 2. The Labute approximate surface area is 179 Å². The molecular formula is C22H26F2N4O3. The maximum absolute atomic E-state index is 14.4. The van der Waals surface area contributed by atoms with Gasteiger partial charge in [-0.15, -0.1) is 0 Å². The first-order chi connectivity index (χ1) is 14.8. The summed E-state index contributed by atoms with van der Waals surface area (Å²) in [6, 6.07) is 4.11. The minimum atomic E-state index is -2.67. The van der Waals surface area contributed by atoms with Gasteiger partial charge in [0.15, 0.2) is 0 Å². The summed E-state index contributed by atoms with van der Waals surface area (Å²) < 4.78 is 28.7. The Kier molecular flexibility index (Phi) is 5.05. The predicted molar refractivity (Wildman–Crippen MR) is 107 cm³/mol. The molecular weight excluding hydrogens is 406 g/mol. The average Bonchev–Trinajstić information content (AvgIpc) is 3.04. The molecule has 9 heteroatoms.